The van der Waals surface area contributed by atoms with Crippen LogP contribution in [-0.2, 0) is 13.3 Å². The third-order valence-electron chi connectivity index (χ3n) is 2.09. The largest absolute Gasteiger partial charge is 0.500 e. The molecule has 0 aliphatic rings. The highest BCUT2D eigenvalue weighted by Gasteiger charge is 2.36. The van der Waals surface area contributed by atoms with Crippen molar-refractivity contribution in [1.29, 1.82) is 0 Å². The molecule has 0 spiro atoms. The van der Waals surface area contributed by atoms with Crippen LogP contribution in [0.25, 0.3) is 0 Å². The zero-order valence-electron chi connectivity index (χ0n) is 9.50. The van der Waals surface area contributed by atoms with Crippen LogP contribution in [0.3, 0.4) is 0 Å². The van der Waals surface area contributed by atoms with Gasteiger partial charge in [-0.25, -0.2) is 0 Å². The van der Waals surface area contributed by atoms with Crippen molar-refractivity contribution < 1.29 is 13.3 Å². The van der Waals surface area contributed by atoms with Crippen molar-refractivity contribution in [1.82, 2.24) is 0 Å². The van der Waals surface area contributed by atoms with Crippen LogP contribution in [0.2, 0.25) is 6.04 Å². The van der Waals surface area contributed by atoms with E-state index in [0.29, 0.717) is 0 Å². The van der Waals surface area contributed by atoms with E-state index in [0.717, 1.165) is 24.6 Å². The molecule has 0 saturated carbocycles. The van der Waals surface area contributed by atoms with Gasteiger partial charge in [-0.1, -0.05) is 6.08 Å². The highest BCUT2D eigenvalue weighted by molar-refractivity contribution is 6.60. The minimum absolute atomic E-state index is 0.820. The lowest BCUT2D eigenvalue weighted by molar-refractivity contribution is 0.123. The lowest BCUT2D eigenvalue weighted by atomic mass is 10.3. The first-order chi connectivity index (χ1) is 6.60. The van der Waals surface area contributed by atoms with Gasteiger partial charge in [-0.15, -0.1) is 0 Å². The molecule has 0 amide bonds. The van der Waals surface area contributed by atoms with Crippen LogP contribution < -0.4 is 5.73 Å². The second kappa shape index (κ2) is 7.00. The molecular formula is C9H21NO3Si. The lowest BCUT2D eigenvalue weighted by Crippen LogP contribution is -2.42. The molecule has 0 unspecified atom stereocenters. The van der Waals surface area contributed by atoms with Gasteiger partial charge in [0.25, 0.3) is 0 Å². The van der Waals surface area contributed by atoms with Crippen molar-refractivity contribution in [2.45, 2.75) is 25.8 Å². The van der Waals surface area contributed by atoms with E-state index in [9.17, 15) is 0 Å². The number of allylic oxidation sites excluding steroid dienone is 2. The summed E-state index contributed by atoms with van der Waals surface area (Å²) in [5.74, 6) is 0. The summed E-state index contributed by atoms with van der Waals surface area (Å²) in [6.07, 6.45) is 3.91. The lowest BCUT2D eigenvalue weighted by Gasteiger charge is -2.23. The Hall–Kier alpha value is -0.363. The summed E-state index contributed by atoms with van der Waals surface area (Å²) in [5, 5.41) is 0. The predicted molar refractivity (Wildman–Crippen MR) is 58.8 cm³/mol. The van der Waals surface area contributed by atoms with E-state index < -0.39 is 8.80 Å². The van der Waals surface area contributed by atoms with Crippen molar-refractivity contribution >= 4 is 8.80 Å². The van der Waals surface area contributed by atoms with Gasteiger partial charge in [-0.3, -0.25) is 0 Å². The number of hydrogen-bond acceptors (Lipinski definition) is 4. The second-order valence-electron chi connectivity index (χ2n) is 3.14. The molecule has 0 atom stereocenters. The average molecular weight is 219 g/mol. The van der Waals surface area contributed by atoms with E-state index >= 15 is 0 Å². The Balaban J connectivity index is 3.89. The van der Waals surface area contributed by atoms with Crippen LogP contribution in [0.5, 0.6) is 0 Å². The zero-order valence-corrected chi connectivity index (χ0v) is 10.5. The molecule has 0 fully saturated rings. The summed E-state index contributed by atoms with van der Waals surface area (Å²) in [6, 6.07) is 0.820. The number of rotatable bonds is 7. The molecule has 0 rings (SSSR count). The van der Waals surface area contributed by atoms with Gasteiger partial charge in [-0.05, 0) is 19.8 Å². The van der Waals surface area contributed by atoms with Crippen molar-refractivity contribution in [2.24, 2.45) is 5.73 Å². The number of unbranched alkanes of at least 4 members (excludes halogenated alkanes) is 1. The molecule has 14 heavy (non-hydrogen) atoms. The first kappa shape index (κ1) is 13.6. The smallest absolute Gasteiger partial charge is 0.403 e. The van der Waals surface area contributed by atoms with Crippen molar-refractivity contribution in [2.75, 3.05) is 21.3 Å². The maximum atomic E-state index is 5.52. The van der Waals surface area contributed by atoms with Crippen molar-refractivity contribution in [3.8, 4) is 0 Å². The fourth-order valence-corrected chi connectivity index (χ4v) is 2.95. The summed E-state index contributed by atoms with van der Waals surface area (Å²) >= 11 is 0. The fourth-order valence-electron chi connectivity index (χ4n) is 1.20. The van der Waals surface area contributed by atoms with E-state index in [1.165, 1.54) is 0 Å². The standard InChI is InChI=1S/C9H21NO3Si/c1-9(10)7-5-6-8-14(11-2,12-3)13-4/h7H,5-6,8,10H2,1-4H3. The van der Waals surface area contributed by atoms with Crippen LogP contribution >= 0.6 is 0 Å². The normalized spacial score (nSPS) is 13.3. The Kier molecular flexibility index (Phi) is 6.82. The Bertz CT molecular complexity index is 169. The number of nitrogens with two attached hydrogens (primary N) is 1. The molecule has 0 aliphatic heterocycles. The summed E-state index contributed by atoms with van der Waals surface area (Å²) in [5.41, 5.74) is 6.37. The Morgan fingerprint density at radius 2 is 1.71 bits per heavy atom. The third kappa shape index (κ3) is 4.76. The van der Waals surface area contributed by atoms with Crippen LogP contribution in [0.15, 0.2) is 11.8 Å². The van der Waals surface area contributed by atoms with Gasteiger partial charge in [0.1, 0.15) is 0 Å². The summed E-state index contributed by atoms with van der Waals surface area (Å²) < 4.78 is 15.9. The molecule has 0 aromatic heterocycles. The van der Waals surface area contributed by atoms with E-state index in [2.05, 4.69) is 0 Å². The van der Waals surface area contributed by atoms with Crippen molar-refractivity contribution in [3.63, 3.8) is 0 Å². The van der Waals surface area contributed by atoms with Crippen LogP contribution in [0.4, 0.5) is 0 Å². The first-order valence-corrected chi connectivity index (χ1v) is 6.61. The minimum Gasteiger partial charge on any atom is -0.403 e. The highest BCUT2D eigenvalue weighted by Crippen LogP contribution is 2.16. The molecule has 0 radical (unpaired) electrons. The fraction of sp³-hybridized carbons (Fsp3) is 0.778. The van der Waals surface area contributed by atoms with E-state index in [1.807, 2.05) is 13.0 Å². The van der Waals surface area contributed by atoms with Crippen LogP contribution in [0.1, 0.15) is 19.8 Å². The Labute approximate surface area is 87.4 Å². The van der Waals surface area contributed by atoms with E-state index in [4.69, 9.17) is 19.0 Å². The topological polar surface area (TPSA) is 53.7 Å². The van der Waals surface area contributed by atoms with Gasteiger partial charge < -0.3 is 19.0 Å². The van der Waals surface area contributed by atoms with Crippen molar-refractivity contribution in [3.05, 3.63) is 11.8 Å². The summed E-state index contributed by atoms with van der Waals surface area (Å²) in [7, 11) is 2.53. The average Bonchev–Trinajstić information content (AvgIpc) is 2.19. The minimum atomic E-state index is -2.36. The van der Waals surface area contributed by atoms with E-state index in [-0.39, 0.29) is 0 Å². The molecule has 2 N–H and O–H groups in total. The van der Waals surface area contributed by atoms with E-state index in [1.54, 1.807) is 21.3 Å². The SMILES string of the molecule is CO[Si](CCCC=C(C)N)(OC)OC. The third-order valence-corrected chi connectivity index (χ3v) is 4.92. The van der Waals surface area contributed by atoms with Gasteiger partial charge in [-0.2, -0.15) is 0 Å². The molecule has 0 aromatic rings. The number of hydrogen-bond donors (Lipinski definition) is 1. The predicted octanol–water partition coefficient (Wildman–Crippen LogP) is 1.51. The second-order valence-corrected chi connectivity index (χ2v) is 6.23. The van der Waals surface area contributed by atoms with Crippen LogP contribution in [-0.4, -0.2) is 30.1 Å². The van der Waals surface area contributed by atoms with Gasteiger partial charge in [0.2, 0.25) is 0 Å². The molecule has 0 aliphatic carbocycles. The summed E-state index contributed by atoms with van der Waals surface area (Å²) in [6.45, 7) is 1.88. The molecule has 0 aromatic carbocycles. The van der Waals surface area contributed by atoms with Crippen LogP contribution in [0, 0.1) is 0 Å². The molecule has 5 heteroatoms. The highest BCUT2D eigenvalue weighted by atomic mass is 28.4. The van der Waals surface area contributed by atoms with Gasteiger partial charge in [0.05, 0.1) is 0 Å². The molecule has 0 saturated heterocycles. The Morgan fingerprint density at radius 1 is 1.21 bits per heavy atom. The maximum Gasteiger partial charge on any atom is 0.500 e. The molecule has 0 bridgehead atoms. The van der Waals surface area contributed by atoms with Gasteiger partial charge in [0, 0.05) is 33.1 Å². The quantitative estimate of drug-likeness (QED) is 0.521. The molecule has 0 heterocycles. The molecule has 84 valence electrons. The molecular weight excluding hydrogens is 198 g/mol. The first-order valence-electron chi connectivity index (χ1n) is 4.68. The summed E-state index contributed by atoms with van der Waals surface area (Å²) in [4.78, 5) is 0. The Morgan fingerprint density at radius 3 is 2.07 bits per heavy atom. The monoisotopic (exact) mass is 219 g/mol. The van der Waals surface area contributed by atoms with Gasteiger partial charge in [0.15, 0.2) is 0 Å². The van der Waals surface area contributed by atoms with Gasteiger partial charge >= 0.3 is 8.80 Å². The maximum absolute atomic E-state index is 5.52. The molecule has 4 nitrogen and oxygen atoms in total. The zero-order chi connectivity index (χ0) is 11.0.